The van der Waals surface area contributed by atoms with Gasteiger partial charge < -0.3 is 10.1 Å². The lowest BCUT2D eigenvalue weighted by molar-refractivity contribution is -0.146. The van der Waals surface area contributed by atoms with Gasteiger partial charge in [-0.2, -0.15) is 5.26 Å². The van der Waals surface area contributed by atoms with Gasteiger partial charge in [0, 0.05) is 19.6 Å². The summed E-state index contributed by atoms with van der Waals surface area (Å²) in [4.78, 5) is 25.3. The molecule has 1 aliphatic heterocycles. The molecular weight excluding hydrogens is 270 g/mol. The largest absolute Gasteiger partial charge is 0.469 e. The molecule has 1 aromatic rings. The van der Waals surface area contributed by atoms with Gasteiger partial charge in [0.25, 0.3) is 0 Å². The SMILES string of the molecule is COC(=O)C[C@H]1C(=O)NCCN1Cc1cccc(C#N)c1. The van der Waals surface area contributed by atoms with Crippen molar-refractivity contribution in [1.29, 1.82) is 5.26 Å². The van der Waals surface area contributed by atoms with E-state index in [2.05, 4.69) is 16.1 Å². The number of nitrogens with one attached hydrogen (secondary N) is 1. The highest BCUT2D eigenvalue weighted by atomic mass is 16.5. The summed E-state index contributed by atoms with van der Waals surface area (Å²) in [6.45, 7) is 1.73. The molecule has 1 atom stereocenters. The Kier molecular flexibility index (Phi) is 4.90. The topological polar surface area (TPSA) is 82.4 Å². The first-order valence-electron chi connectivity index (χ1n) is 6.71. The van der Waals surface area contributed by atoms with Gasteiger partial charge >= 0.3 is 5.97 Å². The van der Waals surface area contributed by atoms with E-state index in [1.165, 1.54) is 7.11 Å². The van der Waals surface area contributed by atoms with E-state index in [4.69, 9.17) is 5.26 Å². The highest BCUT2D eigenvalue weighted by molar-refractivity contribution is 5.87. The van der Waals surface area contributed by atoms with Gasteiger partial charge in [-0.3, -0.25) is 14.5 Å². The maximum absolute atomic E-state index is 12.0. The summed E-state index contributed by atoms with van der Waals surface area (Å²) in [5, 5.41) is 11.7. The van der Waals surface area contributed by atoms with Gasteiger partial charge in [0.1, 0.15) is 6.04 Å². The van der Waals surface area contributed by atoms with E-state index in [-0.39, 0.29) is 12.3 Å². The number of nitrogens with zero attached hydrogens (tertiary/aromatic N) is 2. The molecule has 0 aliphatic carbocycles. The van der Waals surface area contributed by atoms with Crippen LogP contribution in [0.4, 0.5) is 0 Å². The van der Waals surface area contributed by atoms with Crippen LogP contribution in [-0.2, 0) is 20.9 Å². The van der Waals surface area contributed by atoms with Crippen LogP contribution in [0.2, 0.25) is 0 Å². The molecule has 0 saturated carbocycles. The number of esters is 1. The molecule has 0 aromatic heterocycles. The molecule has 1 N–H and O–H groups in total. The van der Waals surface area contributed by atoms with Gasteiger partial charge in [-0.05, 0) is 17.7 Å². The van der Waals surface area contributed by atoms with Gasteiger partial charge in [-0.25, -0.2) is 0 Å². The Morgan fingerprint density at radius 2 is 2.38 bits per heavy atom. The zero-order valence-corrected chi connectivity index (χ0v) is 11.8. The Bertz CT molecular complexity index is 580. The number of piperazine rings is 1. The second kappa shape index (κ2) is 6.86. The van der Waals surface area contributed by atoms with E-state index < -0.39 is 12.0 Å². The van der Waals surface area contributed by atoms with Crippen molar-refractivity contribution >= 4 is 11.9 Å². The molecule has 1 fully saturated rings. The predicted molar refractivity (Wildman–Crippen MR) is 75.0 cm³/mol. The Hall–Kier alpha value is -2.39. The van der Waals surface area contributed by atoms with Crippen LogP contribution in [-0.4, -0.2) is 43.0 Å². The van der Waals surface area contributed by atoms with Crippen molar-refractivity contribution in [1.82, 2.24) is 10.2 Å². The van der Waals surface area contributed by atoms with E-state index in [0.29, 0.717) is 25.2 Å². The fourth-order valence-electron chi connectivity index (χ4n) is 2.39. The van der Waals surface area contributed by atoms with Crippen LogP contribution in [0.1, 0.15) is 17.5 Å². The third-order valence-electron chi connectivity index (χ3n) is 3.47. The van der Waals surface area contributed by atoms with Crippen LogP contribution in [0, 0.1) is 11.3 Å². The van der Waals surface area contributed by atoms with Crippen LogP contribution < -0.4 is 5.32 Å². The number of nitriles is 1. The highest BCUT2D eigenvalue weighted by Crippen LogP contribution is 2.15. The standard InChI is InChI=1S/C15H17N3O3/c1-21-14(19)8-13-15(20)17-5-6-18(13)10-12-4-2-3-11(7-12)9-16/h2-4,7,13H,5-6,8,10H2,1H3,(H,17,20)/t13-/m0/s1. The van der Waals surface area contributed by atoms with Gasteiger partial charge in [0.15, 0.2) is 0 Å². The summed E-state index contributed by atoms with van der Waals surface area (Å²) < 4.78 is 4.65. The smallest absolute Gasteiger partial charge is 0.307 e. The first kappa shape index (κ1) is 15.0. The first-order chi connectivity index (χ1) is 10.1. The van der Waals surface area contributed by atoms with Gasteiger partial charge in [-0.1, -0.05) is 12.1 Å². The molecule has 0 bridgehead atoms. The molecule has 2 rings (SSSR count). The monoisotopic (exact) mass is 287 g/mol. The summed E-state index contributed by atoms with van der Waals surface area (Å²) in [5.41, 5.74) is 1.53. The molecule has 21 heavy (non-hydrogen) atoms. The number of hydrogen-bond donors (Lipinski definition) is 1. The number of rotatable bonds is 4. The van der Waals surface area contributed by atoms with Crippen molar-refractivity contribution < 1.29 is 14.3 Å². The lowest BCUT2D eigenvalue weighted by Crippen LogP contribution is -2.55. The molecule has 6 nitrogen and oxygen atoms in total. The van der Waals surface area contributed by atoms with E-state index in [1.807, 2.05) is 17.0 Å². The van der Waals surface area contributed by atoms with Crippen molar-refractivity contribution in [3.05, 3.63) is 35.4 Å². The molecule has 1 aromatic carbocycles. The van der Waals surface area contributed by atoms with Crippen molar-refractivity contribution in [2.75, 3.05) is 20.2 Å². The predicted octanol–water partition coefficient (Wildman–Crippen LogP) is 0.422. The number of methoxy groups -OCH3 is 1. The molecule has 6 heteroatoms. The van der Waals surface area contributed by atoms with Gasteiger partial charge in [0.05, 0.1) is 25.2 Å². The van der Waals surface area contributed by atoms with Gasteiger partial charge in [0.2, 0.25) is 5.91 Å². The van der Waals surface area contributed by atoms with Crippen LogP contribution in [0.15, 0.2) is 24.3 Å². The average Bonchev–Trinajstić information content (AvgIpc) is 2.50. The third-order valence-corrected chi connectivity index (χ3v) is 3.47. The van der Waals surface area contributed by atoms with E-state index in [0.717, 1.165) is 5.56 Å². The Morgan fingerprint density at radius 1 is 1.57 bits per heavy atom. The minimum Gasteiger partial charge on any atom is -0.469 e. The van der Waals surface area contributed by atoms with Crippen LogP contribution in [0.5, 0.6) is 0 Å². The molecule has 0 radical (unpaired) electrons. The third kappa shape index (κ3) is 3.80. The fourth-order valence-corrected chi connectivity index (χ4v) is 2.39. The highest BCUT2D eigenvalue weighted by Gasteiger charge is 2.31. The molecule has 0 unspecified atom stereocenters. The number of ether oxygens (including phenoxy) is 1. The molecule has 1 heterocycles. The number of benzene rings is 1. The summed E-state index contributed by atoms with van der Waals surface area (Å²) in [6.07, 6.45) is 0.0280. The summed E-state index contributed by atoms with van der Waals surface area (Å²) in [7, 11) is 1.31. The number of carbonyl (C=O) groups is 2. The molecule has 110 valence electrons. The maximum atomic E-state index is 12.0. The van der Waals surface area contributed by atoms with Crippen molar-refractivity contribution in [3.8, 4) is 6.07 Å². The molecular formula is C15H17N3O3. The van der Waals surface area contributed by atoms with Crippen LogP contribution in [0.25, 0.3) is 0 Å². The molecule has 0 spiro atoms. The molecule has 1 amide bonds. The van der Waals surface area contributed by atoms with E-state index in [1.54, 1.807) is 12.1 Å². The average molecular weight is 287 g/mol. The number of carbonyl (C=O) groups excluding carboxylic acids is 2. The van der Waals surface area contributed by atoms with E-state index in [9.17, 15) is 9.59 Å². The van der Waals surface area contributed by atoms with Gasteiger partial charge in [-0.15, -0.1) is 0 Å². The van der Waals surface area contributed by atoms with E-state index >= 15 is 0 Å². The van der Waals surface area contributed by atoms with Crippen LogP contribution in [0.3, 0.4) is 0 Å². The Labute approximate surface area is 123 Å². The Morgan fingerprint density at radius 3 is 3.10 bits per heavy atom. The zero-order chi connectivity index (χ0) is 15.2. The quantitative estimate of drug-likeness (QED) is 0.812. The minimum atomic E-state index is -0.531. The van der Waals surface area contributed by atoms with Crippen LogP contribution >= 0.6 is 0 Å². The van der Waals surface area contributed by atoms with Crippen molar-refractivity contribution in [2.24, 2.45) is 0 Å². The van der Waals surface area contributed by atoms with Crippen molar-refractivity contribution in [2.45, 2.75) is 19.0 Å². The lowest BCUT2D eigenvalue weighted by atomic mass is 10.1. The second-order valence-electron chi connectivity index (χ2n) is 4.87. The maximum Gasteiger partial charge on any atom is 0.307 e. The fraction of sp³-hybridized carbons (Fsp3) is 0.400. The second-order valence-corrected chi connectivity index (χ2v) is 4.87. The molecule has 1 saturated heterocycles. The zero-order valence-electron chi connectivity index (χ0n) is 11.8. The lowest BCUT2D eigenvalue weighted by Gasteiger charge is -2.34. The van der Waals surface area contributed by atoms with Crippen molar-refractivity contribution in [3.63, 3.8) is 0 Å². The normalized spacial score (nSPS) is 18.7. The Balaban J connectivity index is 2.13. The number of amides is 1. The minimum absolute atomic E-state index is 0.0280. The molecule has 1 aliphatic rings. The number of hydrogen-bond acceptors (Lipinski definition) is 5. The summed E-state index contributed by atoms with van der Waals surface area (Å²) in [5.74, 6) is -0.573. The summed E-state index contributed by atoms with van der Waals surface area (Å²) >= 11 is 0. The first-order valence-corrected chi connectivity index (χ1v) is 6.71. The summed E-state index contributed by atoms with van der Waals surface area (Å²) in [6, 6.07) is 8.81.